The van der Waals surface area contributed by atoms with Crippen molar-refractivity contribution >= 4 is 27.4 Å². The van der Waals surface area contributed by atoms with E-state index in [2.05, 4.69) is 5.32 Å². The fourth-order valence-corrected chi connectivity index (χ4v) is 5.66. The van der Waals surface area contributed by atoms with Crippen molar-refractivity contribution in [3.05, 3.63) is 54.1 Å². The molecular formula is C21H22N2O5S. The number of fused-ring (bicyclic) bond motifs is 1. The van der Waals surface area contributed by atoms with E-state index in [1.807, 2.05) is 18.2 Å². The number of amides is 1. The second kappa shape index (κ2) is 7.27. The summed E-state index contributed by atoms with van der Waals surface area (Å²) in [6.45, 7) is -0.107. The molecule has 0 radical (unpaired) electrons. The Labute approximate surface area is 169 Å². The van der Waals surface area contributed by atoms with Gasteiger partial charge < -0.3 is 10.1 Å². The standard InChI is InChI=1S/C21H22N2O5S/c1-23(21(12-6-5-9-19(21)24)15-7-3-2-4-8-15)29(26,27)16-10-11-18-17(13-16)22-20(25)14-28-18/h2-4,7-8,10-11,13H,5-6,9,12,14H2,1H3,(H,22,25)/t21-/m1/s1. The van der Waals surface area contributed by atoms with Gasteiger partial charge in [0.1, 0.15) is 11.3 Å². The smallest absolute Gasteiger partial charge is 0.262 e. The molecule has 7 nitrogen and oxygen atoms in total. The molecule has 1 aliphatic heterocycles. The number of hydrogen-bond acceptors (Lipinski definition) is 5. The third kappa shape index (κ3) is 3.22. The number of rotatable bonds is 4. The molecule has 1 N–H and O–H groups in total. The lowest BCUT2D eigenvalue weighted by molar-refractivity contribution is -0.131. The van der Waals surface area contributed by atoms with E-state index >= 15 is 0 Å². The molecule has 0 aromatic heterocycles. The van der Waals surface area contributed by atoms with Gasteiger partial charge in [0.15, 0.2) is 12.4 Å². The number of sulfonamides is 1. The van der Waals surface area contributed by atoms with Crippen LogP contribution in [0.1, 0.15) is 31.2 Å². The number of nitrogens with zero attached hydrogens (tertiary/aromatic N) is 1. The Morgan fingerprint density at radius 3 is 2.55 bits per heavy atom. The topological polar surface area (TPSA) is 92.8 Å². The molecule has 8 heteroatoms. The lowest BCUT2D eigenvalue weighted by atomic mass is 9.75. The van der Waals surface area contributed by atoms with Gasteiger partial charge in [-0.2, -0.15) is 4.31 Å². The van der Waals surface area contributed by atoms with E-state index in [1.54, 1.807) is 12.1 Å². The summed E-state index contributed by atoms with van der Waals surface area (Å²) in [5.74, 6) is -0.0306. The van der Waals surface area contributed by atoms with Crippen LogP contribution in [0.25, 0.3) is 0 Å². The molecule has 0 saturated heterocycles. The minimum absolute atomic E-state index is 0.00164. The quantitative estimate of drug-likeness (QED) is 0.830. The molecule has 4 rings (SSSR count). The lowest BCUT2D eigenvalue weighted by Gasteiger charge is -2.42. The average molecular weight is 414 g/mol. The molecular weight excluding hydrogens is 392 g/mol. The minimum atomic E-state index is -4.02. The summed E-state index contributed by atoms with van der Waals surface area (Å²) in [5, 5.41) is 2.63. The number of ether oxygens (including phenoxy) is 1. The fourth-order valence-electron chi connectivity index (χ4n) is 4.13. The van der Waals surface area contributed by atoms with E-state index in [0.717, 1.165) is 12.8 Å². The molecule has 1 aliphatic carbocycles. The number of likely N-dealkylation sites (N-methyl/N-ethyl adjacent to an activating group) is 1. The SMILES string of the molecule is CN([C@@]1(c2ccccc2)CCCCC1=O)S(=O)(=O)c1ccc2c(c1)NC(=O)CO2. The number of nitrogens with one attached hydrogen (secondary N) is 1. The summed E-state index contributed by atoms with van der Waals surface area (Å²) in [6, 6.07) is 13.4. The summed E-state index contributed by atoms with van der Waals surface area (Å²) < 4.78 is 33.6. The van der Waals surface area contributed by atoms with Gasteiger partial charge in [-0.1, -0.05) is 36.8 Å². The second-order valence-electron chi connectivity index (χ2n) is 7.32. The Balaban J connectivity index is 1.80. The van der Waals surface area contributed by atoms with Crippen molar-refractivity contribution in [1.82, 2.24) is 4.31 Å². The van der Waals surface area contributed by atoms with Crippen LogP contribution in [0.4, 0.5) is 5.69 Å². The monoisotopic (exact) mass is 414 g/mol. The molecule has 1 fully saturated rings. The van der Waals surface area contributed by atoms with Crippen molar-refractivity contribution in [2.75, 3.05) is 19.0 Å². The highest BCUT2D eigenvalue weighted by Gasteiger charge is 2.49. The molecule has 1 saturated carbocycles. The van der Waals surface area contributed by atoms with Crippen molar-refractivity contribution in [3.63, 3.8) is 0 Å². The van der Waals surface area contributed by atoms with Gasteiger partial charge in [-0.05, 0) is 36.6 Å². The first-order chi connectivity index (χ1) is 13.9. The van der Waals surface area contributed by atoms with Gasteiger partial charge in [0.2, 0.25) is 10.0 Å². The van der Waals surface area contributed by atoms with Crippen molar-refractivity contribution in [2.24, 2.45) is 0 Å². The van der Waals surface area contributed by atoms with Crippen LogP contribution in [0, 0.1) is 0 Å². The largest absolute Gasteiger partial charge is 0.482 e. The summed E-state index contributed by atoms with van der Waals surface area (Å²) >= 11 is 0. The van der Waals surface area contributed by atoms with Gasteiger partial charge in [0.05, 0.1) is 10.6 Å². The van der Waals surface area contributed by atoms with Crippen LogP contribution in [0.5, 0.6) is 5.75 Å². The average Bonchev–Trinajstić information content (AvgIpc) is 2.73. The van der Waals surface area contributed by atoms with E-state index in [4.69, 9.17) is 4.74 Å². The number of hydrogen-bond donors (Lipinski definition) is 1. The van der Waals surface area contributed by atoms with Crippen molar-refractivity contribution < 1.29 is 22.7 Å². The van der Waals surface area contributed by atoms with E-state index in [1.165, 1.54) is 29.6 Å². The summed E-state index contributed by atoms with van der Waals surface area (Å²) in [5.41, 5.74) is -0.265. The second-order valence-corrected chi connectivity index (χ2v) is 9.29. The molecule has 0 spiro atoms. The zero-order chi connectivity index (χ0) is 20.6. The van der Waals surface area contributed by atoms with Gasteiger partial charge in [-0.15, -0.1) is 0 Å². The number of benzene rings is 2. The number of ketones is 1. The number of Topliss-reactive ketones (excluding diaryl/α,β-unsaturated/α-hetero) is 1. The minimum Gasteiger partial charge on any atom is -0.482 e. The summed E-state index contributed by atoms with van der Waals surface area (Å²) in [4.78, 5) is 24.7. The maximum absolute atomic E-state index is 13.5. The number of carbonyl (C=O) groups is 2. The first kappa shape index (κ1) is 19.6. The Morgan fingerprint density at radius 2 is 1.83 bits per heavy atom. The van der Waals surface area contributed by atoms with Crippen LogP contribution < -0.4 is 10.1 Å². The van der Waals surface area contributed by atoms with Crippen molar-refractivity contribution in [1.29, 1.82) is 0 Å². The third-order valence-corrected chi connectivity index (χ3v) is 7.57. The van der Waals surface area contributed by atoms with Crippen LogP contribution in [-0.2, 0) is 25.2 Å². The predicted octanol–water partition coefficient (Wildman–Crippen LogP) is 2.68. The maximum Gasteiger partial charge on any atom is 0.262 e. The molecule has 1 amide bonds. The molecule has 0 unspecified atom stereocenters. The first-order valence-electron chi connectivity index (χ1n) is 9.50. The van der Waals surface area contributed by atoms with Gasteiger partial charge in [0.25, 0.3) is 5.91 Å². The van der Waals surface area contributed by atoms with Crippen LogP contribution in [0.2, 0.25) is 0 Å². The summed E-state index contributed by atoms with van der Waals surface area (Å²) in [6.07, 6.45) is 2.28. The molecule has 2 aliphatic rings. The zero-order valence-corrected chi connectivity index (χ0v) is 16.9. The Bertz CT molecular complexity index is 1070. The van der Waals surface area contributed by atoms with Gasteiger partial charge in [-0.25, -0.2) is 8.42 Å². The van der Waals surface area contributed by atoms with Crippen molar-refractivity contribution in [3.8, 4) is 5.75 Å². The van der Waals surface area contributed by atoms with Crippen LogP contribution in [0.15, 0.2) is 53.4 Å². The van der Waals surface area contributed by atoms with Gasteiger partial charge >= 0.3 is 0 Å². The van der Waals surface area contributed by atoms with E-state index in [9.17, 15) is 18.0 Å². The van der Waals surface area contributed by atoms with Gasteiger partial charge in [0, 0.05) is 13.5 Å². The molecule has 2 aromatic rings. The lowest BCUT2D eigenvalue weighted by Crippen LogP contribution is -2.54. The zero-order valence-electron chi connectivity index (χ0n) is 16.1. The Morgan fingerprint density at radius 1 is 1.07 bits per heavy atom. The molecule has 29 heavy (non-hydrogen) atoms. The van der Waals surface area contributed by atoms with Crippen molar-refractivity contribution in [2.45, 2.75) is 36.1 Å². The third-order valence-electron chi connectivity index (χ3n) is 5.68. The fraction of sp³-hybridized carbons (Fsp3) is 0.333. The van der Waals surface area contributed by atoms with Crippen LogP contribution in [0.3, 0.4) is 0 Å². The first-order valence-corrected chi connectivity index (χ1v) is 10.9. The number of anilines is 1. The maximum atomic E-state index is 13.5. The van der Waals surface area contributed by atoms with Crippen LogP contribution >= 0.6 is 0 Å². The number of carbonyl (C=O) groups excluding carboxylic acids is 2. The molecule has 1 atom stereocenters. The highest BCUT2D eigenvalue weighted by molar-refractivity contribution is 7.89. The molecule has 2 aromatic carbocycles. The molecule has 0 bridgehead atoms. The molecule has 152 valence electrons. The van der Waals surface area contributed by atoms with Gasteiger partial charge in [-0.3, -0.25) is 9.59 Å². The van der Waals surface area contributed by atoms with Crippen LogP contribution in [-0.4, -0.2) is 38.1 Å². The normalized spacial score (nSPS) is 22.0. The Kier molecular flexibility index (Phi) is 4.92. The predicted molar refractivity (Wildman–Crippen MR) is 107 cm³/mol. The highest BCUT2D eigenvalue weighted by Crippen LogP contribution is 2.42. The van der Waals surface area contributed by atoms with E-state index in [0.29, 0.717) is 29.8 Å². The Hall–Kier alpha value is -2.71. The van der Waals surface area contributed by atoms with E-state index < -0.39 is 15.6 Å². The van der Waals surface area contributed by atoms with E-state index in [-0.39, 0.29) is 23.2 Å². The highest BCUT2D eigenvalue weighted by atomic mass is 32.2. The molecule has 1 heterocycles. The summed E-state index contributed by atoms with van der Waals surface area (Å²) in [7, 11) is -2.57.